The zero-order valence-corrected chi connectivity index (χ0v) is 14.4. The van der Waals surface area contributed by atoms with Crippen LogP contribution in [0.4, 0.5) is 0 Å². The fourth-order valence-corrected chi connectivity index (χ4v) is 5.85. The highest BCUT2D eigenvalue weighted by Gasteiger charge is 2.57. The summed E-state index contributed by atoms with van der Waals surface area (Å²) in [5.74, 6) is 2.53. The molecular weight excluding hydrogens is 302 g/mol. The first-order chi connectivity index (χ1) is 11.6. The average molecular weight is 327 g/mol. The predicted octanol–water partition coefficient (Wildman–Crippen LogP) is 4.20. The number of ether oxygens (including phenoxy) is 1. The van der Waals surface area contributed by atoms with Crippen LogP contribution in [0.25, 0.3) is 10.4 Å². The summed E-state index contributed by atoms with van der Waals surface area (Å²) >= 11 is 0. The van der Waals surface area contributed by atoms with Crippen LogP contribution in [0.2, 0.25) is 0 Å². The first kappa shape index (κ1) is 15.8. The number of fused-ring (bicyclic) bond motifs is 5. The van der Waals surface area contributed by atoms with Crippen molar-refractivity contribution in [3.8, 4) is 5.75 Å². The molecule has 2 fully saturated rings. The number of aliphatic hydroxyl groups excluding tert-OH is 1. The first-order valence-corrected chi connectivity index (χ1v) is 8.97. The maximum absolute atomic E-state index is 10.7. The van der Waals surface area contributed by atoms with Gasteiger partial charge in [-0.25, -0.2) is 0 Å². The van der Waals surface area contributed by atoms with Crippen molar-refractivity contribution in [2.24, 2.45) is 22.4 Å². The van der Waals surface area contributed by atoms with Crippen molar-refractivity contribution in [2.75, 3.05) is 7.11 Å². The van der Waals surface area contributed by atoms with Crippen molar-refractivity contribution in [1.82, 2.24) is 0 Å². The second kappa shape index (κ2) is 5.68. The molecule has 1 aromatic rings. The Bertz CT molecular complexity index is 700. The van der Waals surface area contributed by atoms with E-state index in [-0.39, 0.29) is 11.5 Å². The fourth-order valence-electron chi connectivity index (χ4n) is 5.85. The van der Waals surface area contributed by atoms with Gasteiger partial charge in [0.25, 0.3) is 0 Å². The van der Waals surface area contributed by atoms with Crippen LogP contribution in [0.1, 0.15) is 49.7 Å². The molecule has 1 aromatic carbocycles. The van der Waals surface area contributed by atoms with Crippen LogP contribution in [0, 0.1) is 17.3 Å². The molecular formula is C19H25N3O2. The highest BCUT2D eigenvalue weighted by molar-refractivity contribution is 5.40. The minimum atomic E-state index is -0.503. The third-order valence-corrected chi connectivity index (χ3v) is 7.11. The molecule has 3 aliphatic carbocycles. The van der Waals surface area contributed by atoms with Crippen molar-refractivity contribution in [3.63, 3.8) is 0 Å². The minimum Gasteiger partial charge on any atom is -0.497 e. The number of methoxy groups -OCH3 is 1. The number of aliphatic hydroxyl groups is 1. The summed E-state index contributed by atoms with van der Waals surface area (Å²) in [5.41, 5.74) is 11.6. The van der Waals surface area contributed by atoms with Gasteiger partial charge in [-0.1, -0.05) is 18.1 Å². The first-order valence-electron chi connectivity index (χ1n) is 8.97. The van der Waals surface area contributed by atoms with Crippen molar-refractivity contribution >= 4 is 0 Å². The molecule has 0 aromatic heterocycles. The van der Waals surface area contributed by atoms with E-state index < -0.39 is 6.10 Å². The van der Waals surface area contributed by atoms with E-state index in [1.807, 2.05) is 0 Å². The van der Waals surface area contributed by atoms with E-state index in [2.05, 4.69) is 35.1 Å². The predicted molar refractivity (Wildman–Crippen MR) is 91.9 cm³/mol. The number of hydrogen-bond donors (Lipinski definition) is 1. The quantitative estimate of drug-likeness (QED) is 0.502. The molecule has 0 saturated heterocycles. The molecule has 5 heteroatoms. The van der Waals surface area contributed by atoms with Crippen molar-refractivity contribution in [3.05, 3.63) is 39.8 Å². The number of aryl methyl sites for hydroxylation is 1. The van der Waals surface area contributed by atoms with Gasteiger partial charge >= 0.3 is 0 Å². The van der Waals surface area contributed by atoms with Gasteiger partial charge in [0.15, 0.2) is 0 Å². The lowest BCUT2D eigenvalue weighted by Gasteiger charge is -2.50. The molecule has 0 amide bonds. The molecule has 0 spiro atoms. The standard InChI is InChI=1S/C19H25N3O2/c1-19-8-7-14-13-6-4-12(24-2)9-11(13)3-5-15(14)16(19)10-17(18(19)23)21-22-20/h4,6,9,14-18,23H,3,5,7-8,10H2,1-2H3/t14?,15?,16?,17-,18+,19-/m0/s1. The van der Waals surface area contributed by atoms with Crippen LogP contribution in [0.15, 0.2) is 23.3 Å². The highest BCUT2D eigenvalue weighted by Crippen LogP contribution is 2.61. The molecule has 0 radical (unpaired) electrons. The van der Waals surface area contributed by atoms with E-state index in [4.69, 9.17) is 10.3 Å². The van der Waals surface area contributed by atoms with Gasteiger partial charge < -0.3 is 9.84 Å². The summed E-state index contributed by atoms with van der Waals surface area (Å²) in [5, 5.41) is 14.6. The lowest BCUT2D eigenvalue weighted by molar-refractivity contribution is -0.0255. The van der Waals surface area contributed by atoms with Gasteiger partial charge in [0.1, 0.15) is 5.75 Å². The Balaban J connectivity index is 1.67. The van der Waals surface area contributed by atoms with Gasteiger partial charge in [-0.15, -0.1) is 0 Å². The molecule has 6 atom stereocenters. The summed E-state index contributed by atoms with van der Waals surface area (Å²) in [6.07, 6.45) is 4.66. The molecule has 1 N–H and O–H groups in total. The lowest BCUT2D eigenvalue weighted by atomic mass is 9.55. The van der Waals surface area contributed by atoms with Crippen molar-refractivity contribution in [1.29, 1.82) is 0 Å². The van der Waals surface area contributed by atoms with Gasteiger partial charge in [0, 0.05) is 4.91 Å². The van der Waals surface area contributed by atoms with Gasteiger partial charge in [-0.2, -0.15) is 0 Å². The zero-order chi connectivity index (χ0) is 16.9. The summed E-state index contributed by atoms with van der Waals surface area (Å²) in [6, 6.07) is 6.23. The Kier molecular flexibility index (Phi) is 3.74. The number of azide groups is 1. The number of hydrogen-bond acceptors (Lipinski definition) is 3. The van der Waals surface area contributed by atoms with E-state index in [1.54, 1.807) is 7.11 Å². The van der Waals surface area contributed by atoms with Gasteiger partial charge in [0.2, 0.25) is 0 Å². The maximum atomic E-state index is 10.7. The largest absolute Gasteiger partial charge is 0.497 e. The van der Waals surface area contributed by atoms with E-state index in [1.165, 1.54) is 11.1 Å². The average Bonchev–Trinajstić information content (AvgIpc) is 2.86. The summed E-state index contributed by atoms with van der Waals surface area (Å²) in [7, 11) is 1.72. The molecule has 5 nitrogen and oxygen atoms in total. The number of rotatable bonds is 2. The fraction of sp³-hybridized carbons (Fsp3) is 0.684. The third-order valence-electron chi connectivity index (χ3n) is 7.11. The SMILES string of the molecule is COc1ccc2c(c1)CCC1C2CC[C@@]2(C)C1C[C@H](N=[N+]=[N-])[C@H]2O. The molecule has 3 unspecified atom stereocenters. The van der Waals surface area contributed by atoms with Gasteiger partial charge in [-0.3, -0.25) is 0 Å². The van der Waals surface area contributed by atoms with E-state index in [9.17, 15) is 5.11 Å². The summed E-state index contributed by atoms with van der Waals surface area (Å²) < 4.78 is 5.38. The van der Waals surface area contributed by atoms with E-state index >= 15 is 0 Å². The molecule has 128 valence electrons. The molecule has 0 aliphatic heterocycles. The lowest BCUT2D eigenvalue weighted by Crippen LogP contribution is -2.44. The molecule has 4 rings (SSSR count). The van der Waals surface area contributed by atoms with Crippen LogP contribution >= 0.6 is 0 Å². The summed E-state index contributed by atoms with van der Waals surface area (Å²) in [4.78, 5) is 2.97. The van der Waals surface area contributed by atoms with Crippen LogP contribution in [0.3, 0.4) is 0 Å². The van der Waals surface area contributed by atoms with Crippen LogP contribution in [0.5, 0.6) is 5.75 Å². The Morgan fingerprint density at radius 3 is 2.96 bits per heavy atom. The smallest absolute Gasteiger partial charge is 0.119 e. The second-order valence-corrected chi connectivity index (χ2v) is 7.98. The maximum Gasteiger partial charge on any atom is 0.119 e. The molecule has 3 aliphatic rings. The van der Waals surface area contributed by atoms with Crippen LogP contribution < -0.4 is 4.74 Å². The third kappa shape index (κ3) is 2.15. The van der Waals surface area contributed by atoms with E-state index in [0.717, 1.165) is 37.9 Å². The second-order valence-electron chi connectivity index (χ2n) is 7.98. The minimum absolute atomic E-state index is 0.107. The van der Waals surface area contributed by atoms with E-state index in [0.29, 0.717) is 17.8 Å². The Labute approximate surface area is 142 Å². The van der Waals surface area contributed by atoms with Crippen molar-refractivity contribution < 1.29 is 9.84 Å². The van der Waals surface area contributed by atoms with Crippen LogP contribution in [-0.4, -0.2) is 24.4 Å². The van der Waals surface area contributed by atoms with Gasteiger partial charge in [0.05, 0.1) is 19.3 Å². The van der Waals surface area contributed by atoms with Crippen LogP contribution in [-0.2, 0) is 6.42 Å². The Hall–Kier alpha value is -1.71. The molecule has 0 heterocycles. The van der Waals surface area contributed by atoms with Gasteiger partial charge in [-0.05, 0) is 84.1 Å². The Morgan fingerprint density at radius 1 is 1.38 bits per heavy atom. The number of benzene rings is 1. The molecule has 0 bridgehead atoms. The highest BCUT2D eigenvalue weighted by atomic mass is 16.5. The Morgan fingerprint density at radius 2 is 2.21 bits per heavy atom. The normalized spacial score (nSPS) is 40.0. The topological polar surface area (TPSA) is 78.2 Å². The number of nitrogens with zero attached hydrogens (tertiary/aromatic N) is 3. The molecule has 2 saturated carbocycles. The summed E-state index contributed by atoms with van der Waals surface area (Å²) in [6.45, 7) is 2.20. The monoisotopic (exact) mass is 327 g/mol. The molecule has 24 heavy (non-hydrogen) atoms. The van der Waals surface area contributed by atoms with Crippen molar-refractivity contribution in [2.45, 2.75) is 57.1 Å². The zero-order valence-electron chi connectivity index (χ0n) is 14.4.